The topological polar surface area (TPSA) is 32.3 Å². The van der Waals surface area contributed by atoms with Crippen LogP contribution in [0.25, 0.3) is 0 Å². The minimum absolute atomic E-state index is 0.162. The summed E-state index contributed by atoms with van der Waals surface area (Å²) in [6.45, 7) is 7.99. The van der Waals surface area contributed by atoms with E-state index in [1.807, 2.05) is 17.9 Å². The van der Waals surface area contributed by atoms with E-state index in [2.05, 4.69) is 12.2 Å². The number of hydrogen-bond donors (Lipinski definition) is 1. The molecule has 1 amide bonds. The van der Waals surface area contributed by atoms with Crippen molar-refractivity contribution in [2.75, 3.05) is 26.2 Å². The van der Waals surface area contributed by atoms with Crippen molar-refractivity contribution in [2.24, 2.45) is 5.92 Å². The quantitative estimate of drug-likeness (QED) is 0.722. The number of amides is 1. The van der Waals surface area contributed by atoms with Gasteiger partial charge in [-0.3, -0.25) is 4.79 Å². The van der Waals surface area contributed by atoms with Gasteiger partial charge in [-0.15, -0.1) is 0 Å². The van der Waals surface area contributed by atoms with E-state index in [-0.39, 0.29) is 5.91 Å². The standard InChI is InChI=1S/C13H24N2O/c1-3-6-13(16)15(9-4-2)11-12-7-5-8-14-10-12/h3,6,12,14H,4-5,7-11H2,1-2H3/b6-3+. The first-order chi connectivity index (χ1) is 7.77. The van der Waals surface area contributed by atoms with Crippen LogP contribution in [0.15, 0.2) is 12.2 Å². The smallest absolute Gasteiger partial charge is 0.246 e. The highest BCUT2D eigenvalue weighted by atomic mass is 16.2. The van der Waals surface area contributed by atoms with E-state index in [1.54, 1.807) is 6.08 Å². The third-order valence-corrected chi connectivity index (χ3v) is 2.99. The van der Waals surface area contributed by atoms with E-state index in [0.29, 0.717) is 5.92 Å². The van der Waals surface area contributed by atoms with Crippen LogP contribution in [0.2, 0.25) is 0 Å². The molecule has 0 spiro atoms. The number of carbonyl (C=O) groups is 1. The monoisotopic (exact) mass is 224 g/mol. The highest BCUT2D eigenvalue weighted by Gasteiger charge is 2.18. The fraction of sp³-hybridized carbons (Fsp3) is 0.769. The molecule has 0 aliphatic carbocycles. The van der Waals surface area contributed by atoms with Crippen molar-refractivity contribution in [3.05, 3.63) is 12.2 Å². The fourth-order valence-electron chi connectivity index (χ4n) is 2.20. The Hall–Kier alpha value is -0.830. The molecule has 92 valence electrons. The maximum atomic E-state index is 11.8. The molecule has 1 unspecified atom stereocenters. The molecule has 0 bridgehead atoms. The van der Waals surface area contributed by atoms with E-state index in [9.17, 15) is 4.79 Å². The minimum atomic E-state index is 0.162. The lowest BCUT2D eigenvalue weighted by molar-refractivity contribution is -0.126. The number of nitrogens with zero attached hydrogens (tertiary/aromatic N) is 1. The summed E-state index contributed by atoms with van der Waals surface area (Å²) >= 11 is 0. The lowest BCUT2D eigenvalue weighted by Crippen LogP contribution is -2.40. The summed E-state index contributed by atoms with van der Waals surface area (Å²) in [6.07, 6.45) is 7.01. The molecule has 1 N–H and O–H groups in total. The predicted octanol–water partition coefficient (Wildman–Crippen LogP) is 1.80. The lowest BCUT2D eigenvalue weighted by atomic mass is 9.99. The Labute approximate surface area is 98.9 Å². The van der Waals surface area contributed by atoms with E-state index in [0.717, 1.165) is 32.6 Å². The van der Waals surface area contributed by atoms with Crippen LogP contribution in [-0.2, 0) is 4.79 Å². The lowest BCUT2D eigenvalue weighted by Gasteiger charge is -2.29. The number of rotatable bonds is 5. The van der Waals surface area contributed by atoms with Crippen molar-refractivity contribution in [2.45, 2.75) is 33.1 Å². The average Bonchev–Trinajstić information content (AvgIpc) is 2.30. The second kappa shape index (κ2) is 7.44. The summed E-state index contributed by atoms with van der Waals surface area (Å²) in [4.78, 5) is 13.8. The molecule has 0 aromatic carbocycles. The molecule has 3 nitrogen and oxygen atoms in total. The van der Waals surface area contributed by atoms with Crippen LogP contribution in [0.1, 0.15) is 33.1 Å². The summed E-state index contributed by atoms with van der Waals surface area (Å²) in [5.41, 5.74) is 0. The molecular formula is C13H24N2O. The molecule has 0 radical (unpaired) electrons. The van der Waals surface area contributed by atoms with Crippen molar-refractivity contribution in [3.63, 3.8) is 0 Å². The van der Waals surface area contributed by atoms with Crippen molar-refractivity contribution >= 4 is 5.91 Å². The fourth-order valence-corrected chi connectivity index (χ4v) is 2.20. The van der Waals surface area contributed by atoms with Gasteiger partial charge in [0.15, 0.2) is 0 Å². The van der Waals surface area contributed by atoms with Crippen LogP contribution < -0.4 is 5.32 Å². The van der Waals surface area contributed by atoms with E-state index >= 15 is 0 Å². The zero-order valence-electron chi connectivity index (χ0n) is 10.5. The van der Waals surface area contributed by atoms with Gasteiger partial charge in [0.2, 0.25) is 5.91 Å². The Morgan fingerprint density at radius 3 is 2.94 bits per heavy atom. The second-order valence-electron chi connectivity index (χ2n) is 4.50. The van der Waals surface area contributed by atoms with Crippen LogP contribution in [0.3, 0.4) is 0 Å². The summed E-state index contributed by atoms with van der Waals surface area (Å²) < 4.78 is 0. The highest BCUT2D eigenvalue weighted by molar-refractivity contribution is 5.87. The van der Waals surface area contributed by atoms with Crippen molar-refractivity contribution in [1.29, 1.82) is 0 Å². The molecular weight excluding hydrogens is 200 g/mol. The number of nitrogens with one attached hydrogen (secondary N) is 1. The normalized spacial score (nSPS) is 21.2. The van der Waals surface area contributed by atoms with Crippen LogP contribution in [-0.4, -0.2) is 37.0 Å². The Morgan fingerprint density at radius 1 is 1.56 bits per heavy atom. The Morgan fingerprint density at radius 2 is 2.38 bits per heavy atom. The van der Waals surface area contributed by atoms with Gasteiger partial charge < -0.3 is 10.2 Å². The van der Waals surface area contributed by atoms with Crippen molar-refractivity contribution < 1.29 is 4.79 Å². The largest absolute Gasteiger partial charge is 0.339 e. The van der Waals surface area contributed by atoms with Crippen LogP contribution in [0, 0.1) is 5.92 Å². The highest BCUT2D eigenvalue weighted by Crippen LogP contribution is 2.12. The van der Waals surface area contributed by atoms with Gasteiger partial charge in [0.1, 0.15) is 0 Å². The van der Waals surface area contributed by atoms with E-state index in [1.165, 1.54) is 12.8 Å². The zero-order valence-corrected chi connectivity index (χ0v) is 10.5. The van der Waals surface area contributed by atoms with Gasteiger partial charge >= 0.3 is 0 Å². The maximum absolute atomic E-state index is 11.8. The number of piperidine rings is 1. The molecule has 3 heteroatoms. The molecule has 1 atom stereocenters. The molecule has 1 rings (SSSR count). The first-order valence-electron chi connectivity index (χ1n) is 6.40. The van der Waals surface area contributed by atoms with Crippen LogP contribution in [0.5, 0.6) is 0 Å². The molecule has 1 heterocycles. The summed E-state index contributed by atoms with van der Waals surface area (Å²) in [5, 5.41) is 3.40. The molecule has 0 aromatic rings. The molecule has 16 heavy (non-hydrogen) atoms. The summed E-state index contributed by atoms with van der Waals surface area (Å²) in [6, 6.07) is 0. The van der Waals surface area contributed by atoms with Crippen molar-refractivity contribution in [3.8, 4) is 0 Å². The summed E-state index contributed by atoms with van der Waals surface area (Å²) in [5.74, 6) is 0.796. The van der Waals surface area contributed by atoms with E-state index < -0.39 is 0 Å². The SMILES string of the molecule is C/C=C/C(=O)N(CCC)CC1CCCNC1. The molecule has 0 saturated carbocycles. The van der Waals surface area contributed by atoms with Crippen molar-refractivity contribution in [1.82, 2.24) is 10.2 Å². The summed E-state index contributed by atoms with van der Waals surface area (Å²) in [7, 11) is 0. The average molecular weight is 224 g/mol. The van der Waals surface area contributed by atoms with Gasteiger partial charge in [0, 0.05) is 13.1 Å². The number of hydrogen-bond acceptors (Lipinski definition) is 2. The molecule has 1 fully saturated rings. The van der Waals surface area contributed by atoms with Gasteiger partial charge in [-0.25, -0.2) is 0 Å². The second-order valence-corrected chi connectivity index (χ2v) is 4.50. The first kappa shape index (κ1) is 13.2. The Bertz CT molecular complexity index is 232. The van der Waals surface area contributed by atoms with Crippen LogP contribution >= 0.6 is 0 Å². The van der Waals surface area contributed by atoms with E-state index in [4.69, 9.17) is 0 Å². The molecule has 1 aliphatic rings. The Kier molecular flexibility index (Phi) is 6.16. The third-order valence-electron chi connectivity index (χ3n) is 2.99. The van der Waals surface area contributed by atoms with Crippen LogP contribution in [0.4, 0.5) is 0 Å². The van der Waals surface area contributed by atoms with Gasteiger partial charge in [-0.1, -0.05) is 13.0 Å². The first-order valence-corrected chi connectivity index (χ1v) is 6.40. The zero-order chi connectivity index (χ0) is 11.8. The van der Waals surface area contributed by atoms with Gasteiger partial charge in [-0.2, -0.15) is 0 Å². The van der Waals surface area contributed by atoms with Gasteiger partial charge in [0.05, 0.1) is 0 Å². The Balaban J connectivity index is 2.45. The molecule has 1 saturated heterocycles. The molecule has 1 aliphatic heterocycles. The predicted molar refractivity (Wildman–Crippen MR) is 67.3 cm³/mol. The minimum Gasteiger partial charge on any atom is -0.339 e. The number of allylic oxidation sites excluding steroid dienone is 1. The molecule has 0 aromatic heterocycles. The van der Waals surface area contributed by atoms with Gasteiger partial charge in [0.25, 0.3) is 0 Å². The third kappa shape index (κ3) is 4.35. The maximum Gasteiger partial charge on any atom is 0.246 e. The van der Waals surface area contributed by atoms with Gasteiger partial charge in [-0.05, 0) is 51.3 Å². The number of carbonyl (C=O) groups excluding carboxylic acids is 1.